The molecule has 0 aliphatic carbocycles. The van der Waals surface area contributed by atoms with Gasteiger partial charge in [0.25, 0.3) is 11.8 Å². The molecule has 0 spiro atoms. The summed E-state index contributed by atoms with van der Waals surface area (Å²) in [4.78, 5) is 45.9. The molecule has 1 aromatic heterocycles. The summed E-state index contributed by atoms with van der Waals surface area (Å²) in [6, 6.07) is 18.2. The van der Waals surface area contributed by atoms with E-state index in [4.69, 9.17) is 0 Å². The highest BCUT2D eigenvalue weighted by Crippen LogP contribution is 2.35. The number of hydrogen-bond acceptors (Lipinski definition) is 5. The van der Waals surface area contributed by atoms with Crippen molar-refractivity contribution in [2.24, 2.45) is 5.92 Å². The van der Waals surface area contributed by atoms with Gasteiger partial charge < -0.3 is 9.80 Å². The zero-order valence-corrected chi connectivity index (χ0v) is 24.1. The van der Waals surface area contributed by atoms with E-state index in [0.29, 0.717) is 36.7 Å². The van der Waals surface area contributed by atoms with E-state index in [-0.39, 0.29) is 30.2 Å². The van der Waals surface area contributed by atoms with Crippen molar-refractivity contribution in [1.82, 2.24) is 19.6 Å². The lowest BCUT2D eigenvalue weighted by atomic mass is 9.92. The van der Waals surface area contributed by atoms with Gasteiger partial charge in [0.15, 0.2) is 0 Å². The Kier molecular flexibility index (Phi) is 7.65. The molecule has 0 saturated carbocycles. The molecule has 2 fully saturated rings. The van der Waals surface area contributed by atoms with Crippen molar-refractivity contribution in [2.75, 3.05) is 37.6 Å². The van der Waals surface area contributed by atoms with Crippen LogP contribution < -0.4 is 4.90 Å². The monoisotopic (exact) mass is 553 g/mol. The van der Waals surface area contributed by atoms with Crippen LogP contribution in [0.4, 0.5) is 5.69 Å². The smallest absolute Gasteiger partial charge is 0.263 e. The van der Waals surface area contributed by atoms with Crippen LogP contribution in [0.15, 0.2) is 54.6 Å². The second-order valence-corrected chi connectivity index (χ2v) is 11.7. The third-order valence-electron chi connectivity index (χ3n) is 9.11. The quantitative estimate of drug-likeness (QED) is 0.410. The number of amides is 3. The third kappa shape index (κ3) is 5.39. The molecule has 1 atom stereocenters. The molecule has 4 heterocycles. The minimum atomic E-state index is -0.242. The Morgan fingerprint density at radius 2 is 1.63 bits per heavy atom. The highest BCUT2D eigenvalue weighted by atomic mass is 16.2. The van der Waals surface area contributed by atoms with Crippen LogP contribution in [0.1, 0.15) is 75.7 Å². The van der Waals surface area contributed by atoms with E-state index in [2.05, 4.69) is 45.2 Å². The van der Waals surface area contributed by atoms with Gasteiger partial charge in [-0.3, -0.25) is 24.0 Å². The third-order valence-corrected chi connectivity index (χ3v) is 9.11. The number of benzene rings is 2. The lowest BCUT2D eigenvalue weighted by molar-refractivity contribution is -0.136. The van der Waals surface area contributed by atoms with Crippen LogP contribution >= 0.6 is 0 Å². The van der Waals surface area contributed by atoms with Gasteiger partial charge >= 0.3 is 0 Å². The fraction of sp³-hybridized carbons (Fsp3) is 0.455. The van der Waals surface area contributed by atoms with E-state index in [0.717, 1.165) is 62.3 Å². The number of piperidine rings is 1. The Morgan fingerprint density at radius 1 is 0.854 bits per heavy atom. The lowest BCUT2D eigenvalue weighted by Gasteiger charge is -2.36. The second-order valence-electron chi connectivity index (χ2n) is 11.7. The number of fused-ring (bicyclic) bond motifs is 1. The molecule has 0 N–H and O–H groups in total. The molecular formula is C33H39N5O3. The molecule has 0 bridgehead atoms. The Labute approximate surface area is 241 Å². The molecule has 214 valence electrons. The molecule has 3 aliphatic rings. The minimum Gasteiger partial charge on any atom is -0.371 e. The number of imide groups is 1. The molecule has 41 heavy (non-hydrogen) atoms. The summed E-state index contributed by atoms with van der Waals surface area (Å²) < 4.78 is 1.84. The largest absolute Gasteiger partial charge is 0.371 e. The predicted octanol–water partition coefficient (Wildman–Crippen LogP) is 4.81. The molecule has 6 rings (SSSR count). The molecule has 2 aromatic carbocycles. The molecule has 3 aromatic rings. The normalized spacial score (nSPS) is 20.0. The Balaban J connectivity index is 1.08. The van der Waals surface area contributed by atoms with Crippen molar-refractivity contribution in [2.45, 2.75) is 58.4 Å². The molecule has 8 heteroatoms. The van der Waals surface area contributed by atoms with Gasteiger partial charge in [-0.05, 0) is 75.6 Å². The molecule has 0 unspecified atom stereocenters. The van der Waals surface area contributed by atoms with Gasteiger partial charge in [0.2, 0.25) is 5.91 Å². The number of likely N-dealkylation sites (tertiary alicyclic amines) is 1. The number of nitrogens with zero attached hydrogens (tertiary/aromatic N) is 5. The van der Waals surface area contributed by atoms with Gasteiger partial charge in [-0.15, -0.1) is 0 Å². The van der Waals surface area contributed by atoms with E-state index >= 15 is 0 Å². The molecule has 2 saturated heterocycles. The summed E-state index contributed by atoms with van der Waals surface area (Å²) in [5, 5.41) is 4.47. The van der Waals surface area contributed by atoms with Crippen molar-refractivity contribution >= 4 is 23.4 Å². The van der Waals surface area contributed by atoms with Crippen LogP contribution in [0.5, 0.6) is 0 Å². The summed E-state index contributed by atoms with van der Waals surface area (Å²) in [5.74, 6) is 0.318. The fourth-order valence-corrected chi connectivity index (χ4v) is 6.88. The molecule has 0 radical (unpaired) electrons. The zero-order valence-electron chi connectivity index (χ0n) is 24.1. The second kappa shape index (κ2) is 11.5. The number of aromatic nitrogens is 2. The molecule has 3 amide bonds. The van der Waals surface area contributed by atoms with Crippen LogP contribution in [0, 0.1) is 19.8 Å². The number of anilines is 1. The van der Waals surface area contributed by atoms with E-state index in [1.807, 2.05) is 36.7 Å². The van der Waals surface area contributed by atoms with Crippen LogP contribution in [0.3, 0.4) is 0 Å². The number of aryl methyl sites for hydroxylation is 2. The molecule has 8 nitrogen and oxygen atoms in total. The zero-order chi connectivity index (χ0) is 28.5. The fourth-order valence-electron chi connectivity index (χ4n) is 6.88. The standard InChI is InChI=1S/C33H39N5O3/c1-23-22-24(2)38(34-23)21-20-37-32(40)28-11-6-12-29(30(28)33(37)41)35-17-14-27(15-18-35)31(39)36-16-7-10-26(13-19-36)25-8-4-3-5-9-25/h3-6,8-9,11-12,22,26-27H,7,10,13-21H2,1-2H3/t26-/m0/s1. The Bertz CT molecular complexity index is 1440. The SMILES string of the molecule is Cc1cc(C)n(CCN2C(=O)c3cccc(N4CCC(C(=O)N5CCC[C@H](c6ccccc6)CC5)CC4)c3C2=O)n1. The first-order chi connectivity index (χ1) is 19.9. The van der Waals surface area contributed by atoms with Crippen LogP contribution in [-0.2, 0) is 11.3 Å². The van der Waals surface area contributed by atoms with Gasteiger partial charge in [0, 0.05) is 44.3 Å². The van der Waals surface area contributed by atoms with Crippen molar-refractivity contribution in [3.05, 3.63) is 82.7 Å². The minimum absolute atomic E-state index is 0.00545. The average molecular weight is 554 g/mol. The Morgan fingerprint density at radius 3 is 2.37 bits per heavy atom. The summed E-state index contributed by atoms with van der Waals surface area (Å²) in [5.41, 5.74) is 5.07. The summed E-state index contributed by atoms with van der Waals surface area (Å²) in [7, 11) is 0. The van der Waals surface area contributed by atoms with Gasteiger partial charge in [-0.1, -0.05) is 36.4 Å². The maximum absolute atomic E-state index is 13.5. The maximum Gasteiger partial charge on any atom is 0.263 e. The molecular weight excluding hydrogens is 514 g/mol. The lowest BCUT2D eigenvalue weighted by Crippen LogP contribution is -2.43. The van der Waals surface area contributed by atoms with Crippen LogP contribution in [0.25, 0.3) is 0 Å². The highest BCUT2D eigenvalue weighted by molar-refractivity contribution is 6.23. The van der Waals surface area contributed by atoms with Crippen molar-refractivity contribution in [3.63, 3.8) is 0 Å². The van der Waals surface area contributed by atoms with Gasteiger partial charge in [-0.2, -0.15) is 5.10 Å². The first-order valence-corrected chi connectivity index (χ1v) is 15.0. The van der Waals surface area contributed by atoms with Gasteiger partial charge in [0.1, 0.15) is 0 Å². The van der Waals surface area contributed by atoms with Gasteiger partial charge in [0.05, 0.1) is 29.1 Å². The summed E-state index contributed by atoms with van der Waals surface area (Å²) >= 11 is 0. The van der Waals surface area contributed by atoms with Crippen LogP contribution in [-0.4, -0.2) is 70.0 Å². The summed E-state index contributed by atoms with van der Waals surface area (Å²) in [6.07, 6.45) is 4.68. The van der Waals surface area contributed by atoms with Crippen LogP contribution in [0.2, 0.25) is 0 Å². The maximum atomic E-state index is 13.5. The van der Waals surface area contributed by atoms with Gasteiger partial charge in [-0.25, -0.2) is 0 Å². The molecule has 3 aliphatic heterocycles. The van der Waals surface area contributed by atoms with E-state index in [1.165, 1.54) is 10.5 Å². The van der Waals surface area contributed by atoms with Crippen molar-refractivity contribution in [3.8, 4) is 0 Å². The number of carbonyl (C=O) groups is 3. The predicted molar refractivity (Wildman–Crippen MR) is 158 cm³/mol. The topological polar surface area (TPSA) is 78.8 Å². The summed E-state index contributed by atoms with van der Waals surface area (Å²) in [6.45, 7) is 7.70. The van der Waals surface area contributed by atoms with E-state index in [1.54, 1.807) is 6.07 Å². The number of carbonyl (C=O) groups excluding carboxylic acids is 3. The van der Waals surface area contributed by atoms with E-state index < -0.39 is 0 Å². The van der Waals surface area contributed by atoms with Crippen molar-refractivity contribution < 1.29 is 14.4 Å². The average Bonchev–Trinajstić information content (AvgIpc) is 3.31. The number of rotatable bonds is 6. The first-order valence-electron chi connectivity index (χ1n) is 15.0. The first kappa shape index (κ1) is 27.2. The number of hydrogen-bond donors (Lipinski definition) is 0. The van der Waals surface area contributed by atoms with E-state index in [9.17, 15) is 14.4 Å². The Hall–Kier alpha value is -3.94. The highest BCUT2D eigenvalue weighted by Gasteiger charge is 2.39. The van der Waals surface area contributed by atoms with Crippen molar-refractivity contribution in [1.29, 1.82) is 0 Å².